The SMILES string of the molecule is CCc1cc(C=O)c(Cl)cc1OCCN1CCOCC1. The lowest BCUT2D eigenvalue weighted by molar-refractivity contribution is 0.0322. The van der Waals surface area contributed by atoms with Crippen LogP contribution in [0.5, 0.6) is 5.75 Å². The molecule has 1 heterocycles. The van der Waals surface area contributed by atoms with E-state index in [0.29, 0.717) is 17.2 Å². The number of aldehydes is 1. The number of halogens is 1. The van der Waals surface area contributed by atoms with Gasteiger partial charge in [0, 0.05) is 25.2 Å². The molecule has 0 unspecified atom stereocenters. The molecule has 0 amide bonds. The van der Waals surface area contributed by atoms with E-state index in [9.17, 15) is 4.79 Å². The lowest BCUT2D eigenvalue weighted by atomic mass is 10.1. The predicted octanol–water partition coefficient (Wildman–Crippen LogP) is 2.43. The van der Waals surface area contributed by atoms with Crippen LogP contribution >= 0.6 is 11.6 Å². The number of ether oxygens (including phenoxy) is 2. The molecule has 2 rings (SSSR count). The summed E-state index contributed by atoms with van der Waals surface area (Å²) < 4.78 is 11.1. The van der Waals surface area contributed by atoms with Crippen LogP contribution in [0.3, 0.4) is 0 Å². The number of aryl methyl sites for hydroxylation is 1. The minimum Gasteiger partial charge on any atom is -0.492 e. The minimum absolute atomic E-state index is 0.443. The number of morpholine rings is 1. The van der Waals surface area contributed by atoms with Gasteiger partial charge in [0.05, 0.1) is 18.2 Å². The molecule has 110 valence electrons. The lowest BCUT2D eigenvalue weighted by Gasteiger charge is -2.26. The maximum atomic E-state index is 10.9. The number of nitrogens with zero attached hydrogens (tertiary/aromatic N) is 1. The van der Waals surface area contributed by atoms with E-state index >= 15 is 0 Å². The van der Waals surface area contributed by atoms with Gasteiger partial charge in [0.25, 0.3) is 0 Å². The summed E-state index contributed by atoms with van der Waals surface area (Å²) in [5.74, 6) is 0.774. The van der Waals surface area contributed by atoms with Crippen molar-refractivity contribution in [2.45, 2.75) is 13.3 Å². The Morgan fingerprint density at radius 2 is 2.15 bits per heavy atom. The molecule has 0 atom stereocenters. The summed E-state index contributed by atoms with van der Waals surface area (Å²) >= 11 is 6.05. The van der Waals surface area contributed by atoms with E-state index < -0.39 is 0 Å². The third kappa shape index (κ3) is 3.95. The molecule has 0 spiro atoms. The highest BCUT2D eigenvalue weighted by Gasteiger charge is 2.12. The van der Waals surface area contributed by atoms with Crippen molar-refractivity contribution in [2.75, 3.05) is 39.5 Å². The minimum atomic E-state index is 0.443. The fourth-order valence-corrected chi connectivity index (χ4v) is 2.43. The number of benzene rings is 1. The van der Waals surface area contributed by atoms with Gasteiger partial charge in [-0.3, -0.25) is 9.69 Å². The molecular weight excluding hydrogens is 278 g/mol. The van der Waals surface area contributed by atoms with Gasteiger partial charge in [0.15, 0.2) is 6.29 Å². The second-order valence-corrected chi connectivity index (χ2v) is 5.16. The highest BCUT2D eigenvalue weighted by molar-refractivity contribution is 6.33. The Hall–Kier alpha value is -1.10. The molecule has 1 aromatic rings. The number of carbonyl (C=O) groups excluding carboxylic acids is 1. The lowest BCUT2D eigenvalue weighted by Crippen LogP contribution is -2.38. The standard InChI is InChI=1S/C15H20ClNO3/c1-2-12-9-13(11-18)14(16)10-15(12)20-8-5-17-3-6-19-7-4-17/h9-11H,2-8H2,1H3. The zero-order valence-electron chi connectivity index (χ0n) is 11.7. The number of hydrogen-bond acceptors (Lipinski definition) is 4. The monoisotopic (exact) mass is 297 g/mol. The van der Waals surface area contributed by atoms with Gasteiger partial charge in [0.2, 0.25) is 0 Å². The van der Waals surface area contributed by atoms with Crippen molar-refractivity contribution < 1.29 is 14.3 Å². The number of rotatable bonds is 6. The fraction of sp³-hybridized carbons (Fsp3) is 0.533. The predicted molar refractivity (Wildman–Crippen MR) is 79.0 cm³/mol. The summed E-state index contributed by atoms with van der Waals surface area (Å²) in [6.07, 6.45) is 1.59. The smallest absolute Gasteiger partial charge is 0.151 e. The van der Waals surface area contributed by atoms with Crippen LogP contribution in [0.25, 0.3) is 0 Å². The van der Waals surface area contributed by atoms with Gasteiger partial charge in [-0.25, -0.2) is 0 Å². The first kappa shape index (κ1) is 15.3. The van der Waals surface area contributed by atoms with E-state index in [-0.39, 0.29) is 0 Å². The molecule has 0 saturated carbocycles. The zero-order valence-corrected chi connectivity index (χ0v) is 12.5. The summed E-state index contributed by atoms with van der Waals surface area (Å²) in [6.45, 7) is 7.01. The van der Waals surface area contributed by atoms with E-state index in [1.54, 1.807) is 12.1 Å². The van der Waals surface area contributed by atoms with Crippen LogP contribution in [0.2, 0.25) is 5.02 Å². The van der Waals surface area contributed by atoms with E-state index in [0.717, 1.165) is 56.9 Å². The molecule has 5 heteroatoms. The summed E-state index contributed by atoms with van der Waals surface area (Å²) in [6, 6.07) is 3.54. The van der Waals surface area contributed by atoms with Gasteiger partial charge >= 0.3 is 0 Å². The first-order valence-electron chi connectivity index (χ1n) is 6.95. The molecule has 0 radical (unpaired) electrons. The van der Waals surface area contributed by atoms with Crippen LogP contribution in [0.1, 0.15) is 22.8 Å². The zero-order chi connectivity index (χ0) is 14.4. The maximum Gasteiger partial charge on any atom is 0.151 e. The van der Waals surface area contributed by atoms with E-state index in [1.807, 2.05) is 6.92 Å². The van der Waals surface area contributed by atoms with Gasteiger partial charge in [-0.15, -0.1) is 0 Å². The molecule has 1 aliphatic heterocycles. The van der Waals surface area contributed by atoms with E-state index in [2.05, 4.69) is 4.90 Å². The molecular formula is C15H20ClNO3. The average Bonchev–Trinajstić information content (AvgIpc) is 2.48. The third-order valence-corrected chi connectivity index (χ3v) is 3.78. The molecule has 0 N–H and O–H groups in total. The Morgan fingerprint density at radius 3 is 2.80 bits per heavy atom. The summed E-state index contributed by atoms with van der Waals surface area (Å²) in [5.41, 5.74) is 1.53. The molecule has 0 aliphatic carbocycles. The number of hydrogen-bond donors (Lipinski definition) is 0. The molecule has 1 fully saturated rings. The van der Waals surface area contributed by atoms with Crippen molar-refractivity contribution in [3.8, 4) is 5.75 Å². The first-order chi connectivity index (χ1) is 9.74. The van der Waals surface area contributed by atoms with Crippen molar-refractivity contribution >= 4 is 17.9 Å². The summed E-state index contributed by atoms with van der Waals surface area (Å²) in [5, 5.41) is 0.443. The molecule has 1 saturated heterocycles. The van der Waals surface area contributed by atoms with Crippen LogP contribution in [-0.2, 0) is 11.2 Å². The molecule has 1 aromatic carbocycles. The highest BCUT2D eigenvalue weighted by atomic mass is 35.5. The average molecular weight is 298 g/mol. The topological polar surface area (TPSA) is 38.8 Å². The molecule has 4 nitrogen and oxygen atoms in total. The molecule has 20 heavy (non-hydrogen) atoms. The molecule has 0 bridgehead atoms. The second kappa shape index (κ2) is 7.62. The van der Waals surface area contributed by atoms with Crippen molar-refractivity contribution in [1.29, 1.82) is 0 Å². The largest absolute Gasteiger partial charge is 0.492 e. The van der Waals surface area contributed by atoms with Crippen LogP contribution in [0.15, 0.2) is 12.1 Å². The van der Waals surface area contributed by atoms with Gasteiger partial charge in [-0.1, -0.05) is 18.5 Å². The van der Waals surface area contributed by atoms with Crippen molar-refractivity contribution in [3.63, 3.8) is 0 Å². The highest BCUT2D eigenvalue weighted by Crippen LogP contribution is 2.27. The van der Waals surface area contributed by atoms with Gasteiger partial charge in [-0.05, 0) is 24.1 Å². The Kier molecular flexibility index (Phi) is 5.83. The van der Waals surface area contributed by atoms with Crippen molar-refractivity contribution in [3.05, 3.63) is 28.3 Å². The molecule has 1 aliphatic rings. The van der Waals surface area contributed by atoms with Crippen molar-refractivity contribution in [1.82, 2.24) is 4.90 Å². The second-order valence-electron chi connectivity index (χ2n) is 4.76. The van der Waals surface area contributed by atoms with Gasteiger partial charge in [0.1, 0.15) is 12.4 Å². The normalized spacial score (nSPS) is 16.1. The van der Waals surface area contributed by atoms with Crippen LogP contribution in [-0.4, -0.2) is 50.6 Å². The van der Waals surface area contributed by atoms with Gasteiger partial charge < -0.3 is 9.47 Å². The van der Waals surface area contributed by atoms with Gasteiger partial charge in [-0.2, -0.15) is 0 Å². The van der Waals surface area contributed by atoms with E-state index in [1.165, 1.54) is 0 Å². The third-order valence-electron chi connectivity index (χ3n) is 3.46. The summed E-state index contributed by atoms with van der Waals surface area (Å²) in [4.78, 5) is 13.2. The Balaban J connectivity index is 1.94. The Labute approximate surface area is 124 Å². The van der Waals surface area contributed by atoms with E-state index in [4.69, 9.17) is 21.1 Å². The number of carbonyl (C=O) groups is 1. The maximum absolute atomic E-state index is 10.9. The Morgan fingerprint density at radius 1 is 1.40 bits per heavy atom. The fourth-order valence-electron chi connectivity index (χ4n) is 2.23. The van der Waals surface area contributed by atoms with Crippen LogP contribution < -0.4 is 4.74 Å². The first-order valence-corrected chi connectivity index (χ1v) is 7.33. The molecule has 0 aromatic heterocycles. The summed E-state index contributed by atoms with van der Waals surface area (Å²) in [7, 11) is 0. The van der Waals surface area contributed by atoms with Crippen LogP contribution in [0.4, 0.5) is 0 Å². The Bertz CT molecular complexity index is 459. The quantitative estimate of drug-likeness (QED) is 0.756. The van der Waals surface area contributed by atoms with Crippen LogP contribution in [0, 0.1) is 0 Å². The van der Waals surface area contributed by atoms with Crippen molar-refractivity contribution in [2.24, 2.45) is 0 Å².